The molecular formula is C19H20N4O3S2. The van der Waals surface area contributed by atoms with Crippen molar-refractivity contribution in [1.82, 2.24) is 10.2 Å². The molecule has 1 aliphatic carbocycles. The molecule has 146 valence electrons. The molecule has 0 amide bonds. The minimum absolute atomic E-state index is 0.148. The summed E-state index contributed by atoms with van der Waals surface area (Å²) in [4.78, 5) is 4.76. The Balaban J connectivity index is 1.35. The molecule has 0 unspecified atom stereocenters. The minimum Gasteiger partial charge on any atom is -0.418 e. The number of sulfonamides is 1. The minimum atomic E-state index is -3.69. The highest BCUT2D eigenvalue weighted by molar-refractivity contribution is 7.89. The fourth-order valence-electron chi connectivity index (χ4n) is 3.96. The van der Waals surface area contributed by atoms with Gasteiger partial charge in [0.2, 0.25) is 15.9 Å². The number of aromatic nitrogens is 2. The Bertz CT molecular complexity index is 1130. The van der Waals surface area contributed by atoms with Crippen LogP contribution >= 0.6 is 11.3 Å². The van der Waals surface area contributed by atoms with Crippen molar-refractivity contribution in [2.45, 2.75) is 43.5 Å². The molecule has 0 spiro atoms. The van der Waals surface area contributed by atoms with Gasteiger partial charge in [-0.05, 0) is 67.5 Å². The van der Waals surface area contributed by atoms with Gasteiger partial charge in [-0.15, -0.1) is 21.5 Å². The highest BCUT2D eigenvalue weighted by Crippen LogP contribution is 2.36. The predicted molar refractivity (Wildman–Crippen MR) is 107 cm³/mol. The monoisotopic (exact) mass is 416 g/mol. The van der Waals surface area contributed by atoms with Crippen LogP contribution in [0.15, 0.2) is 33.6 Å². The fraction of sp³-hybridized carbons (Fsp3) is 0.368. The number of aryl methyl sites for hydroxylation is 2. The van der Waals surface area contributed by atoms with Crippen LogP contribution in [0.4, 0.5) is 5.69 Å². The summed E-state index contributed by atoms with van der Waals surface area (Å²) >= 11 is 1.76. The third-order valence-corrected chi connectivity index (χ3v) is 7.51. The molecule has 28 heavy (non-hydrogen) atoms. The number of primary sulfonamides is 1. The highest BCUT2D eigenvalue weighted by Gasteiger charge is 2.24. The zero-order chi connectivity index (χ0) is 19.3. The van der Waals surface area contributed by atoms with Gasteiger partial charge < -0.3 is 9.32 Å². The largest absolute Gasteiger partial charge is 0.418 e. The van der Waals surface area contributed by atoms with Crippen molar-refractivity contribution in [2.24, 2.45) is 5.14 Å². The van der Waals surface area contributed by atoms with Crippen LogP contribution in [0.2, 0.25) is 0 Å². The molecule has 0 saturated heterocycles. The Kier molecular flexibility index (Phi) is 4.26. The van der Waals surface area contributed by atoms with Gasteiger partial charge in [0.25, 0.3) is 5.89 Å². The number of nitrogens with two attached hydrogens (primary N) is 1. The Hall–Kier alpha value is -2.23. The van der Waals surface area contributed by atoms with Crippen LogP contribution in [0.5, 0.6) is 0 Å². The molecule has 1 aliphatic heterocycles. The number of hydrogen-bond acceptors (Lipinski definition) is 7. The fourth-order valence-corrected chi connectivity index (χ4v) is 5.70. The number of anilines is 1. The summed E-state index contributed by atoms with van der Waals surface area (Å²) in [6.45, 7) is 1.27. The molecule has 7 nitrogen and oxygen atoms in total. The summed E-state index contributed by atoms with van der Waals surface area (Å²) in [5.74, 6) is 1.14. The van der Waals surface area contributed by atoms with E-state index in [0.29, 0.717) is 18.3 Å². The van der Waals surface area contributed by atoms with E-state index in [2.05, 4.69) is 21.2 Å². The number of fused-ring (bicyclic) bond motifs is 2. The zero-order valence-corrected chi connectivity index (χ0v) is 16.9. The quantitative estimate of drug-likeness (QED) is 0.702. The maximum absolute atomic E-state index is 11.5. The summed E-state index contributed by atoms with van der Waals surface area (Å²) in [6.07, 6.45) is 5.55. The molecule has 3 aromatic rings. The van der Waals surface area contributed by atoms with Gasteiger partial charge in [-0.1, -0.05) is 0 Å². The van der Waals surface area contributed by atoms with E-state index in [4.69, 9.17) is 9.56 Å². The smallest absolute Gasteiger partial charge is 0.257 e. The first-order chi connectivity index (χ1) is 13.5. The second kappa shape index (κ2) is 6.68. The third-order valence-electron chi connectivity index (χ3n) is 5.37. The zero-order valence-electron chi connectivity index (χ0n) is 15.2. The third kappa shape index (κ3) is 3.23. The lowest BCUT2D eigenvalue weighted by Gasteiger charge is -2.17. The molecule has 9 heteroatoms. The van der Waals surface area contributed by atoms with Crippen molar-refractivity contribution in [3.05, 3.63) is 46.2 Å². The maximum Gasteiger partial charge on any atom is 0.257 e. The Morgan fingerprint density at radius 2 is 1.96 bits per heavy atom. The van der Waals surface area contributed by atoms with Crippen molar-refractivity contribution in [3.63, 3.8) is 0 Å². The van der Waals surface area contributed by atoms with Crippen LogP contribution in [-0.4, -0.2) is 25.2 Å². The van der Waals surface area contributed by atoms with Crippen LogP contribution in [0.3, 0.4) is 0 Å². The summed E-state index contributed by atoms with van der Waals surface area (Å²) in [6, 6.07) is 7.19. The molecule has 0 saturated carbocycles. The normalized spacial score (nSPS) is 16.2. The van der Waals surface area contributed by atoms with E-state index in [9.17, 15) is 8.42 Å². The van der Waals surface area contributed by atoms with Gasteiger partial charge in [0.05, 0.1) is 16.3 Å². The molecule has 2 aromatic heterocycles. The van der Waals surface area contributed by atoms with Crippen LogP contribution < -0.4 is 10.0 Å². The molecule has 1 aromatic carbocycles. The standard InChI is InChI=1S/C19H20N4O3S2/c20-28(24,25)14-5-6-15-12(9-14)7-8-23(15)11-18-21-22-19(26-18)17-10-13-3-1-2-4-16(13)27-17/h5-6,9-10H,1-4,7-8,11H2,(H2,20,24,25). The topological polar surface area (TPSA) is 102 Å². The van der Waals surface area contributed by atoms with Gasteiger partial charge in [0.1, 0.15) is 0 Å². The first-order valence-corrected chi connectivity index (χ1v) is 11.7. The summed E-state index contributed by atoms with van der Waals surface area (Å²) in [7, 11) is -3.69. The Morgan fingerprint density at radius 1 is 1.11 bits per heavy atom. The molecule has 5 rings (SSSR count). The second-order valence-electron chi connectivity index (χ2n) is 7.27. The van der Waals surface area contributed by atoms with E-state index in [1.165, 1.54) is 23.3 Å². The molecule has 0 radical (unpaired) electrons. The lowest BCUT2D eigenvalue weighted by atomic mass is 9.99. The maximum atomic E-state index is 11.5. The van der Waals surface area contributed by atoms with Crippen LogP contribution in [0, 0.1) is 0 Å². The Labute approximate surface area is 167 Å². The molecular weight excluding hydrogens is 396 g/mol. The van der Waals surface area contributed by atoms with E-state index in [-0.39, 0.29) is 4.90 Å². The number of thiophene rings is 1. The predicted octanol–water partition coefficient (Wildman–Crippen LogP) is 2.89. The van der Waals surface area contributed by atoms with E-state index in [0.717, 1.165) is 41.9 Å². The van der Waals surface area contributed by atoms with Crippen molar-refractivity contribution < 1.29 is 12.8 Å². The van der Waals surface area contributed by atoms with Crippen LogP contribution in [-0.2, 0) is 35.8 Å². The van der Waals surface area contributed by atoms with Crippen LogP contribution in [0.25, 0.3) is 10.8 Å². The first-order valence-electron chi connectivity index (χ1n) is 9.32. The molecule has 0 atom stereocenters. The number of benzene rings is 1. The van der Waals surface area contributed by atoms with Crippen molar-refractivity contribution in [3.8, 4) is 10.8 Å². The number of hydrogen-bond donors (Lipinski definition) is 1. The van der Waals surface area contributed by atoms with E-state index in [1.54, 1.807) is 29.5 Å². The van der Waals surface area contributed by atoms with Gasteiger partial charge in [0.15, 0.2) is 0 Å². The molecule has 2 aliphatic rings. The molecule has 3 heterocycles. The van der Waals surface area contributed by atoms with Gasteiger partial charge in [-0.3, -0.25) is 0 Å². The summed E-state index contributed by atoms with van der Waals surface area (Å²) in [5, 5.41) is 13.7. The second-order valence-corrected chi connectivity index (χ2v) is 9.97. The molecule has 2 N–H and O–H groups in total. The van der Waals surface area contributed by atoms with Crippen molar-refractivity contribution >= 4 is 27.0 Å². The van der Waals surface area contributed by atoms with Crippen molar-refractivity contribution in [2.75, 3.05) is 11.4 Å². The average molecular weight is 417 g/mol. The SMILES string of the molecule is NS(=O)(=O)c1ccc2c(c1)CCN2Cc1nnc(-c2cc3c(s2)CCCC3)o1. The van der Waals surface area contributed by atoms with Crippen LogP contribution in [0.1, 0.15) is 34.7 Å². The van der Waals surface area contributed by atoms with Gasteiger partial charge in [-0.2, -0.15) is 0 Å². The van der Waals surface area contributed by atoms with E-state index < -0.39 is 10.0 Å². The lowest BCUT2D eigenvalue weighted by Crippen LogP contribution is -2.20. The van der Waals surface area contributed by atoms with Gasteiger partial charge in [-0.25, -0.2) is 13.6 Å². The Morgan fingerprint density at radius 3 is 2.79 bits per heavy atom. The van der Waals surface area contributed by atoms with Gasteiger partial charge in [0, 0.05) is 17.1 Å². The summed E-state index contributed by atoms with van der Waals surface area (Å²) in [5.41, 5.74) is 3.38. The first kappa shape index (κ1) is 17.8. The highest BCUT2D eigenvalue weighted by atomic mass is 32.2. The molecule has 0 bridgehead atoms. The van der Waals surface area contributed by atoms with E-state index in [1.807, 2.05) is 0 Å². The van der Waals surface area contributed by atoms with Crippen molar-refractivity contribution in [1.29, 1.82) is 0 Å². The average Bonchev–Trinajstić information content (AvgIpc) is 3.38. The van der Waals surface area contributed by atoms with Gasteiger partial charge >= 0.3 is 0 Å². The summed E-state index contributed by atoms with van der Waals surface area (Å²) < 4.78 is 29.0. The number of nitrogens with zero attached hydrogens (tertiary/aromatic N) is 3. The lowest BCUT2D eigenvalue weighted by molar-refractivity contribution is 0.501. The van der Waals surface area contributed by atoms with E-state index >= 15 is 0 Å². The number of rotatable bonds is 4. The molecule has 0 fully saturated rings.